The normalized spacial score (nSPS) is 25.1. The molecule has 4 unspecified atom stereocenters. The van der Waals surface area contributed by atoms with E-state index in [-0.39, 0.29) is 23.2 Å². The van der Waals surface area contributed by atoms with Crippen LogP contribution in [0.2, 0.25) is 10.0 Å². The van der Waals surface area contributed by atoms with E-state index in [0.29, 0.717) is 50.9 Å². The number of anilines is 1. The van der Waals surface area contributed by atoms with E-state index >= 15 is 0 Å². The SMILES string of the molecule is CCOC(=O)c1ccc(NC(=O)Cn2c3c(sc2=O)[C@@H](c2cccc(Cl)c2Cl)C2C4CCC(C4)C2S3)cc1. The highest BCUT2D eigenvalue weighted by atomic mass is 35.5. The Morgan fingerprint density at radius 3 is 2.63 bits per heavy atom. The van der Waals surface area contributed by atoms with Crippen molar-refractivity contribution in [1.29, 1.82) is 0 Å². The van der Waals surface area contributed by atoms with Crippen molar-refractivity contribution >= 4 is 63.9 Å². The monoisotopic (exact) mass is 588 g/mol. The first-order chi connectivity index (χ1) is 18.4. The molecule has 1 amide bonds. The van der Waals surface area contributed by atoms with Crippen LogP contribution in [0.1, 0.15) is 52.9 Å². The number of esters is 1. The molecule has 2 heterocycles. The van der Waals surface area contributed by atoms with E-state index in [4.69, 9.17) is 27.9 Å². The van der Waals surface area contributed by atoms with E-state index in [0.717, 1.165) is 15.5 Å². The zero-order valence-electron chi connectivity index (χ0n) is 20.6. The summed E-state index contributed by atoms with van der Waals surface area (Å²) in [5.74, 6) is 0.906. The third kappa shape index (κ3) is 4.49. The molecule has 5 atom stereocenters. The maximum atomic E-state index is 13.3. The van der Waals surface area contributed by atoms with Gasteiger partial charge in [-0.1, -0.05) is 46.7 Å². The molecule has 3 aromatic rings. The zero-order chi connectivity index (χ0) is 26.6. The van der Waals surface area contributed by atoms with Crippen LogP contribution in [0.25, 0.3) is 0 Å². The molecule has 2 fully saturated rings. The van der Waals surface area contributed by atoms with Gasteiger partial charge in [0.05, 0.1) is 27.2 Å². The van der Waals surface area contributed by atoms with Gasteiger partial charge in [-0.2, -0.15) is 0 Å². The average Bonchev–Trinajstić information content (AvgIpc) is 3.60. The summed E-state index contributed by atoms with van der Waals surface area (Å²) < 4.78 is 6.62. The molecule has 2 aliphatic carbocycles. The number of aromatic nitrogens is 1. The number of ether oxygens (including phenoxy) is 1. The lowest BCUT2D eigenvalue weighted by molar-refractivity contribution is -0.116. The van der Waals surface area contributed by atoms with Gasteiger partial charge in [0.15, 0.2) is 0 Å². The van der Waals surface area contributed by atoms with Gasteiger partial charge in [0, 0.05) is 21.7 Å². The van der Waals surface area contributed by atoms with Gasteiger partial charge in [0.1, 0.15) is 6.54 Å². The highest BCUT2D eigenvalue weighted by Crippen LogP contribution is 2.64. The van der Waals surface area contributed by atoms with E-state index in [1.165, 1.54) is 30.6 Å². The summed E-state index contributed by atoms with van der Waals surface area (Å²) in [7, 11) is 0. The molecule has 1 aromatic heterocycles. The molecule has 0 saturated heterocycles. The topological polar surface area (TPSA) is 77.4 Å². The van der Waals surface area contributed by atoms with Crippen molar-refractivity contribution in [3.63, 3.8) is 0 Å². The van der Waals surface area contributed by atoms with Crippen LogP contribution >= 0.6 is 46.3 Å². The number of thioether (sulfide) groups is 1. The molecular weight excluding hydrogens is 563 g/mol. The molecule has 6 nitrogen and oxygen atoms in total. The van der Waals surface area contributed by atoms with Gasteiger partial charge < -0.3 is 10.1 Å². The predicted octanol–water partition coefficient (Wildman–Crippen LogP) is 6.68. The van der Waals surface area contributed by atoms with Crippen LogP contribution in [0.3, 0.4) is 0 Å². The Hall–Kier alpha value is -2.26. The first-order valence-corrected chi connectivity index (χ1v) is 15.2. The van der Waals surface area contributed by atoms with Crippen LogP contribution in [0.4, 0.5) is 5.69 Å². The molecule has 0 spiro atoms. The molecule has 0 radical (unpaired) electrons. The van der Waals surface area contributed by atoms with Crippen LogP contribution < -0.4 is 10.2 Å². The second-order valence-corrected chi connectivity index (χ2v) is 13.0. The molecule has 198 valence electrons. The van der Waals surface area contributed by atoms with Gasteiger partial charge in [-0.15, -0.1) is 11.8 Å². The quantitative estimate of drug-likeness (QED) is 0.325. The molecule has 10 heteroatoms. The Labute approximate surface area is 238 Å². The van der Waals surface area contributed by atoms with Crippen LogP contribution in [0.15, 0.2) is 52.3 Å². The highest BCUT2D eigenvalue weighted by molar-refractivity contribution is 8.00. The van der Waals surface area contributed by atoms with Crippen LogP contribution in [-0.4, -0.2) is 28.3 Å². The number of nitrogens with zero attached hydrogens (tertiary/aromatic N) is 1. The standard InChI is InChI=1S/C28H26Cl2N2O4S2/c1-2-36-27(34)14-8-10-17(11-9-14)31-20(33)13-32-26-25(38-28(32)35)22(18-4-3-5-19(29)23(18)30)21-15-6-7-16(12-15)24(21)37-26/h3-5,8-11,15-16,21-22,24H,2,6-7,12-13H2,1H3,(H,31,33)/t15?,16?,21?,22-,24?/m0/s1. The van der Waals surface area contributed by atoms with Crippen LogP contribution in [0, 0.1) is 17.8 Å². The number of hydrogen-bond donors (Lipinski definition) is 1. The number of rotatable bonds is 6. The summed E-state index contributed by atoms with van der Waals surface area (Å²) in [4.78, 5) is 39.1. The largest absolute Gasteiger partial charge is 0.462 e. The summed E-state index contributed by atoms with van der Waals surface area (Å²) in [6.07, 6.45) is 3.63. The lowest BCUT2D eigenvalue weighted by Gasteiger charge is -2.40. The fourth-order valence-corrected chi connectivity index (χ4v) is 10.0. The van der Waals surface area contributed by atoms with Crippen LogP contribution in [0.5, 0.6) is 0 Å². The fourth-order valence-electron chi connectivity index (χ4n) is 6.44. The molecule has 3 aliphatic rings. The minimum atomic E-state index is -0.410. The van der Waals surface area contributed by atoms with Gasteiger partial charge in [0.2, 0.25) is 5.91 Å². The summed E-state index contributed by atoms with van der Waals surface area (Å²) in [6, 6.07) is 12.3. The van der Waals surface area contributed by atoms with Crippen molar-refractivity contribution in [2.75, 3.05) is 11.9 Å². The minimum Gasteiger partial charge on any atom is -0.462 e. The van der Waals surface area contributed by atoms with Crippen molar-refractivity contribution in [1.82, 2.24) is 4.57 Å². The molecule has 2 bridgehead atoms. The smallest absolute Gasteiger partial charge is 0.338 e. The molecule has 38 heavy (non-hydrogen) atoms. The van der Waals surface area contributed by atoms with Gasteiger partial charge in [-0.05, 0) is 79.8 Å². The van der Waals surface area contributed by atoms with Crippen molar-refractivity contribution in [3.8, 4) is 0 Å². The Morgan fingerprint density at radius 2 is 1.87 bits per heavy atom. The molecule has 1 aliphatic heterocycles. The summed E-state index contributed by atoms with van der Waals surface area (Å²) in [5.41, 5.74) is 1.93. The molecule has 1 N–H and O–H groups in total. The lowest BCUT2D eigenvalue weighted by Crippen LogP contribution is -2.35. The average molecular weight is 590 g/mol. The van der Waals surface area contributed by atoms with E-state index in [1.54, 1.807) is 53.6 Å². The minimum absolute atomic E-state index is 0.00446. The van der Waals surface area contributed by atoms with Crippen molar-refractivity contribution in [2.45, 2.75) is 48.9 Å². The lowest BCUT2D eigenvalue weighted by atomic mass is 9.75. The van der Waals surface area contributed by atoms with Crippen LogP contribution in [-0.2, 0) is 16.1 Å². The number of halogens is 2. The third-order valence-corrected chi connectivity index (χ3v) is 11.6. The highest BCUT2D eigenvalue weighted by Gasteiger charge is 2.55. The maximum Gasteiger partial charge on any atom is 0.338 e. The number of hydrogen-bond acceptors (Lipinski definition) is 6. The Morgan fingerprint density at radius 1 is 1.11 bits per heavy atom. The van der Waals surface area contributed by atoms with Crippen molar-refractivity contribution in [2.24, 2.45) is 17.8 Å². The fraction of sp³-hybridized carbons (Fsp3) is 0.393. The molecule has 6 rings (SSSR count). The molecule has 2 saturated carbocycles. The number of nitrogens with one attached hydrogen (secondary N) is 1. The second kappa shape index (κ2) is 10.4. The van der Waals surface area contributed by atoms with E-state index in [9.17, 15) is 14.4 Å². The third-order valence-electron chi connectivity index (χ3n) is 7.99. The number of carbonyl (C=O) groups is 2. The second-order valence-electron chi connectivity index (χ2n) is 10.1. The predicted molar refractivity (Wildman–Crippen MR) is 152 cm³/mol. The van der Waals surface area contributed by atoms with E-state index < -0.39 is 5.97 Å². The summed E-state index contributed by atoms with van der Waals surface area (Å²) in [6.45, 7) is 1.96. The number of benzene rings is 2. The Balaban J connectivity index is 1.30. The summed E-state index contributed by atoms with van der Waals surface area (Å²) in [5, 5.41) is 5.19. The number of thiazole rings is 1. The zero-order valence-corrected chi connectivity index (χ0v) is 23.8. The van der Waals surface area contributed by atoms with E-state index in [1.807, 2.05) is 12.1 Å². The van der Waals surface area contributed by atoms with Crippen molar-refractivity contribution in [3.05, 3.63) is 78.2 Å². The summed E-state index contributed by atoms with van der Waals surface area (Å²) >= 11 is 16.2. The van der Waals surface area contributed by atoms with Gasteiger partial charge in [0.25, 0.3) is 0 Å². The Kier molecular flexibility index (Phi) is 7.10. The van der Waals surface area contributed by atoms with E-state index in [2.05, 4.69) is 5.32 Å². The van der Waals surface area contributed by atoms with Gasteiger partial charge in [-0.3, -0.25) is 14.2 Å². The molecule has 2 aromatic carbocycles. The number of carbonyl (C=O) groups excluding carboxylic acids is 2. The first-order valence-electron chi connectivity index (χ1n) is 12.8. The maximum absolute atomic E-state index is 13.3. The first kappa shape index (κ1) is 26.0. The van der Waals surface area contributed by atoms with Gasteiger partial charge in [-0.25, -0.2) is 4.79 Å². The number of amides is 1. The number of fused-ring (bicyclic) bond motifs is 6. The van der Waals surface area contributed by atoms with Crippen molar-refractivity contribution < 1.29 is 14.3 Å². The van der Waals surface area contributed by atoms with Gasteiger partial charge >= 0.3 is 10.8 Å². The Bertz CT molecular complexity index is 1470. The molecular formula is C28H26Cl2N2O4S2.